The van der Waals surface area contributed by atoms with Crippen molar-refractivity contribution >= 4 is 51.0 Å². The van der Waals surface area contributed by atoms with Gasteiger partial charge in [-0.3, -0.25) is 14.3 Å². The lowest BCUT2D eigenvalue weighted by Gasteiger charge is -2.19. The summed E-state index contributed by atoms with van der Waals surface area (Å²) in [5.41, 5.74) is 1.11. The van der Waals surface area contributed by atoms with Crippen molar-refractivity contribution in [2.45, 2.75) is 37.4 Å². The molecule has 12 nitrogen and oxygen atoms in total. The normalized spacial score (nSPS) is 14.0. The molecule has 0 radical (unpaired) electrons. The van der Waals surface area contributed by atoms with Crippen molar-refractivity contribution in [1.82, 2.24) is 25.0 Å². The molecule has 4 rings (SSSR count). The molecule has 4 N–H and O–H groups in total. The number of aromatic nitrogens is 3. The van der Waals surface area contributed by atoms with Crippen molar-refractivity contribution in [3.63, 3.8) is 0 Å². The molecule has 43 heavy (non-hydrogen) atoms. The lowest BCUT2D eigenvalue weighted by Crippen LogP contribution is -2.30. The standard InChI is InChI=1S/C26H27ClF3N7O5S/c1-43(40,41)37-20(38)3-2-14-31-21(39)16-4-10-19(11-5-16)32-22-33-23(35-24(34-22)42-15-26(28,29)30)36-25(12-13-25)17-6-8-18(27)9-7-17/h4-11H,2-3,12-15H2,1H3,(H,31,39)(H,37,38)(H2,32,33,34,35,36). The molecule has 0 saturated heterocycles. The Labute approximate surface area is 249 Å². The van der Waals surface area contributed by atoms with Gasteiger partial charge in [0.25, 0.3) is 5.91 Å². The molecule has 17 heteroatoms. The number of carbonyl (C=O) groups is 2. The molecule has 1 heterocycles. The SMILES string of the molecule is CS(=O)(=O)NC(=O)CCCNC(=O)c1ccc(Nc2nc(NC3(c4ccc(Cl)cc4)CC3)nc(OCC(F)(F)F)n2)cc1. The minimum atomic E-state index is -4.60. The van der Waals surface area contributed by atoms with Crippen LogP contribution in [0.1, 0.15) is 41.6 Å². The Morgan fingerprint density at radius 1 is 1.00 bits per heavy atom. The number of carbonyl (C=O) groups excluding carboxylic acids is 2. The van der Waals surface area contributed by atoms with Crippen LogP contribution in [-0.2, 0) is 20.4 Å². The Bertz CT molecular complexity index is 1570. The molecular formula is C26H27ClF3N7O5S. The quantitative estimate of drug-likeness (QED) is 0.201. The zero-order valence-corrected chi connectivity index (χ0v) is 24.2. The summed E-state index contributed by atoms with van der Waals surface area (Å²) in [6.07, 6.45) is -2.13. The summed E-state index contributed by atoms with van der Waals surface area (Å²) >= 11 is 5.99. The number of amides is 2. The van der Waals surface area contributed by atoms with E-state index in [1.807, 2.05) is 16.9 Å². The molecule has 1 aromatic heterocycles. The van der Waals surface area contributed by atoms with E-state index in [1.165, 1.54) is 24.3 Å². The van der Waals surface area contributed by atoms with Crippen molar-refractivity contribution in [2.75, 3.05) is 30.0 Å². The topological polar surface area (TPSA) is 164 Å². The fourth-order valence-corrected chi connectivity index (χ4v) is 4.56. The van der Waals surface area contributed by atoms with E-state index in [0.717, 1.165) is 24.7 Å². The van der Waals surface area contributed by atoms with E-state index in [1.54, 1.807) is 12.1 Å². The Morgan fingerprint density at radius 2 is 1.65 bits per heavy atom. The van der Waals surface area contributed by atoms with Gasteiger partial charge in [-0.05, 0) is 61.2 Å². The molecule has 0 bridgehead atoms. The Hall–Kier alpha value is -4.18. The second kappa shape index (κ2) is 13.0. The van der Waals surface area contributed by atoms with Gasteiger partial charge in [-0.2, -0.15) is 28.1 Å². The third-order valence-electron chi connectivity index (χ3n) is 6.05. The van der Waals surface area contributed by atoms with E-state index in [-0.39, 0.29) is 36.8 Å². The van der Waals surface area contributed by atoms with E-state index >= 15 is 0 Å². The zero-order valence-electron chi connectivity index (χ0n) is 22.7. The average molecular weight is 642 g/mol. The molecule has 0 aliphatic heterocycles. The number of alkyl halides is 3. The molecule has 0 unspecified atom stereocenters. The lowest BCUT2D eigenvalue weighted by atomic mass is 10.1. The smallest absolute Gasteiger partial charge is 0.422 e. The highest BCUT2D eigenvalue weighted by molar-refractivity contribution is 7.89. The van der Waals surface area contributed by atoms with Crippen LogP contribution in [0.3, 0.4) is 0 Å². The summed E-state index contributed by atoms with van der Waals surface area (Å²) in [6, 6.07) is 12.7. The van der Waals surface area contributed by atoms with Crippen LogP contribution in [0.2, 0.25) is 5.02 Å². The minimum absolute atomic E-state index is 0.00309. The Kier molecular flexibility index (Phi) is 9.59. The molecule has 1 saturated carbocycles. The maximum absolute atomic E-state index is 12.8. The molecule has 1 aliphatic rings. The summed E-state index contributed by atoms with van der Waals surface area (Å²) < 4.78 is 67.2. The highest BCUT2D eigenvalue weighted by Gasteiger charge is 2.45. The molecular weight excluding hydrogens is 615 g/mol. The average Bonchev–Trinajstić information content (AvgIpc) is 3.69. The van der Waals surface area contributed by atoms with Gasteiger partial charge >= 0.3 is 12.2 Å². The van der Waals surface area contributed by atoms with Crippen LogP contribution < -0.4 is 25.4 Å². The van der Waals surface area contributed by atoms with Gasteiger partial charge in [0.05, 0.1) is 11.8 Å². The number of rotatable bonds is 13. The van der Waals surface area contributed by atoms with Crippen LogP contribution in [0, 0.1) is 0 Å². The largest absolute Gasteiger partial charge is 0.454 e. The first-order valence-corrected chi connectivity index (χ1v) is 15.1. The van der Waals surface area contributed by atoms with Gasteiger partial charge in [-0.25, -0.2) is 8.42 Å². The number of benzene rings is 2. The highest BCUT2D eigenvalue weighted by Crippen LogP contribution is 2.48. The van der Waals surface area contributed by atoms with Gasteiger partial charge in [-0.1, -0.05) is 23.7 Å². The van der Waals surface area contributed by atoms with Crippen LogP contribution >= 0.6 is 11.6 Å². The lowest BCUT2D eigenvalue weighted by molar-refractivity contribution is -0.154. The van der Waals surface area contributed by atoms with Gasteiger partial charge in [0.1, 0.15) is 0 Å². The maximum atomic E-state index is 12.8. The fraction of sp³-hybridized carbons (Fsp3) is 0.346. The van der Waals surface area contributed by atoms with Crippen LogP contribution in [0.4, 0.5) is 30.8 Å². The number of nitrogens with zero attached hydrogens (tertiary/aromatic N) is 3. The second-order valence-corrected chi connectivity index (χ2v) is 11.9. The molecule has 1 aliphatic carbocycles. The number of ether oxygens (including phenoxy) is 1. The number of halogens is 4. The summed E-state index contributed by atoms with van der Waals surface area (Å²) in [7, 11) is -3.64. The summed E-state index contributed by atoms with van der Waals surface area (Å²) in [5.74, 6) is -1.19. The van der Waals surface area contributed by atoms with Crippen LogP contribution in [0.25, 0.3) is 0 Å². The highest BCUT2D eigenvalue weighted by atomic mass is 35.5. The van der Waals surface area contributed by atoms with Gasteiger partial charge in [-0.15, -0.1) is 0 Å². The first kappa shape index (κ1) is 31.7. The first-order chi connectivity index (χ1) is 20.2. The van der Waals surface area contributed by atoms with Crippen molar-refractivity contribution in [3.05, 3.63) is 64.7 Å². The number of nitrogens with one attached hydrogen (secondary N) is 4. The molecule has 230 valence electrons. The van der Waals surface area contributed by atoms with Crippen LogP contribution in [-0.4, -0.2) is 60.8 Å². The minimum Gasteiger partial charge on any atom is -0.454 e. The predicted molar refractivity (Wildman–Crippen MR) is 152 cm³/mol. The Balaban J connectivity index is 1.41. The Morgan fingerprint density at radius 3 is 2.26 bits per heavy atom. The molecule has 2 amide bonds. The second-order valence-electron chi connectivity index (χ2n) is 9.74. The first-order valence-electron chi connectivity index (χ1n) is 12.9. The fourth-order valence-electron chi connectivity index (χ4n) is 3.92. The van der Waals surface area contributed by atoms with Crippen LogP contribution in [0.5, 0.6) is 6.01 Å². The van der Waals surface area contributed by atoms with Crippen molar-refractivity contribution in [1.29, 1.82) is 0 Å². The van der Waals surface area contributed by atoms with Crippen molar-refractivity contribution in [2.24, 2.45) is 0 Å². The van der Waals surface area contributed by atoms with Gasteiger partial charge in [0.2, 0.25) is 27.8 Å². The van der Waals surface area contributed by atoms with Crippen LogP contribution in [0.15, 0.2) is 48.5 Å². The third-order valence-corrected chi connectivity index (χ3v) is 6.90. The van der Waals surface area contributed by atoms with E-state index < -0.39 is 46.2 Å². The molecule has 2 aromatic carbocycles. The zero-order chi connectivity index (χ0) is 31.3. The summed E-state index contributed by atoms with van der Waals surface area (Å²) in [4.78, 5) is 36.2. The molecule has 0 spiro atoms. The number of hydrogen-bond acceptors (Lipinski definition) is 10. The van der Waals surface area contributed by atoms with E-state index in [2.05, 4.69) is 30.9 Å². The number of sulfonamides is 1. The van der Waals surface area contributed by atoms with E-state index in [0.29, 0.717) is 10.7 Å². The maximum Gasteiger partial charge on any atom is 0.422 e. The summed E-state index contributed by atoms with van der Waals surface area (Å²) in [5, 5.41) is 9.25. The predicted octanol–water partition coefficient (Wildman–Crippen LogP) is 3.90. The summed E-state index contributed by atoms with van der Waals surface area (Å²) in [6.45, 7) is -1.46. The van der Waals surface area contributed by atoms with Gasteiger partial charge in [0, 0.05) is 29.2 Å². The van der Waals surface area contributed by atoms with Gasteiger partial charge in [0.15, 0.2) is 6.61 Å². The number of hydrogen-bond donors (Lipinski definition) is 4. The van der Waals surface area contributed by atoms with Crippen molar-refractivity contribution in [3.8, 4) is 6.01 Å². The van der Waals surface area contributed by atoms with E-state index in [9.17, 15) is 31.2 Å². The van der Waals surface area contributed by atoms with Gasteiger partial charge < -0.3 is 20.7 Å². The molecule has 1 fully saturated rings. The third kappa shape index (κ3) is 9.95. The molecule has 3 aromatic rings. The molecule has 0 atom stereocenters. The number of anilines is 3. The monoisotopic (exact) mass is 641 g/mol. The van der Waals surface area contributed by atoms with Crippen molar-refractivity contribution < 1.29 is 35.9 Å². The van der Waals surface area contributed by atoms with E-state index in [4.69, 9.17) is 16.3 Å².